The smallest absolute Gasteiger partial charge is 0.317 e. The van der Waals surface area contributed by atoms with E-state index in [9.17, 15) is 4.79 Å². The number of aliphatic hydroxyl groups excluding tert-OH is 1. The lowest BCUT2D eigenvalue weighted by Gasteiger charge is -2.32. The van der Waals surface area contributed by atoms with E-state index in [0.29, 0.717) is 24.5 Å². The molecule has 1 aliphatic heterocycles. The van der Waals surface area contributed by atoms with Crippen molar-refractivity contribution in [1.29, 1.82) is 0 Å². The van der Waals surface area contributed by atoms with Crippen molar-refractivity contribution < 1.29 is 9.90 Å². The number of urea groups is 1. The third-order valence-corrected chi connectivity index (χ3v) is 5.01. The van der Waals surface area contributed by atoms with Crippen LogP contribution < -0.4 is 5.32 Å². The Morgan fingerprint density at radius 3 is 2.69 bits per heavy atom. The molecule has 7 nitrogen and oxygen atoms in total. The van der Waals surface area contributed by atoms with Crippen molar-refractivity contribution in [1.82, 2.24) is 25.2 Å². The molecule has 140 valence electrons. The largest absolute Gasteiger partial charge is 0.396 e. The zero-order valence-corrected chi connectivity index (χ0v) is 15.6. The predicted octanol–water partition coefficient (Wildman–Crippen LogP) is 2.57. The van der Waals surface area contributed by atoms with Gasteiger partial charge in [0.15, 0.2) is 0 Å². The van der Waals surface area contributed by atoms with Gasteiger partial charge in [-0.3, -0.25) is 0 Å². The molecule has 1 aliphatic rings. The Balaban J connectivity index is 1.50. The van der Waals surface area contributed by atoms with Crippen LogP contribution in [0.1, 0.15) is 43.1 Å². The maximum atomic E-state index is 12.5. The first kappa shape index (κ1) is 18.7. The predicted molar refractivity (Wildman–Crippen MR) is 99.1 cm³/mol. The van der Waals surface area contributed by atoms with Crippen LogP contribution in [-0.2, 0) is 6.42 Å². The minimum atomic E-state index is -0.0751. The van der Waals surface area contributed by atoms with Crippen LogP contribution in [0.3, 0.4) is 0 Å². The summed E-state index contributed by atoms with van der Waals surface area (Å²) in [7, 11) is 0. The molecule has 26 heavy (non-hydrogen) atoms. The van der Waals surface area contributed by atoms with Gasteiger partial charge in [0.25, 0.3) is 0 Å². The highest BCUT2D eigenvalue weighted by Gasteiger charge is 2.25. The van der Waals surface area contributed by atoms with E-state index in [1.54, 1.807) is 0 Å². The summed E-state index contributed by atoms with van der Waals surface area (Å²) in [6, 6.07) is 7.62. The van der Waals surface area contributed by atoms with Gasteiger partial charge < -0.3 is 15.3 Å². The Morgan fingerprint density at radius 1 is 1.35 bits per heavy atom. The molecule has 0 unspecified atom stereocenters. The highest BCUT2D eigenvalue weighted by Crippen LogP contribution is 2.22. The molecule has 0 spiro atoms. The molecule has 1 aromatic carbocycles. The Hall–Kier alpha value is -2.12. The van der Waals surface area contributed by atoms with Crippen molar-refractivity contribution in [3.05, 3.63) is 46.7 Å². The Labute approximate surface area is 157 Å². The molecule has 0 bridgehead atoms. The number of carbonyl (C=O) groups is 1. The fourth-order valence-corrected chi connectivity index (χ4v) is 3.29. The number of likely N-dealkylation sites (tertiary alicyclic amines) is 1. The van der Waals surface area contributed by atoms with Crippen LogP contribution in [0.5, 0.6) is 0 Å². The van der Waals surface area contributed by atoms with E-state index in [1.165, 1.54) is 0 Å². The number of nitrogens with zero attached hydrogens (tertiary/aromatic N) is 4. The maximum absolute atomic E-state index is 12.5. The number of hydrogen-bond donors (Lipinski definition) is 2. The van der Waals surface area contributed by atoms with E-state index in [2.05, 4.69) is 15.6 Å². The Morgan fingerprint density at radius 2 is 2.04 bits per heavy atom. The molecular formula is C18H24ClN5O2. The molecule has 1 aromatic heterocycles. The molecule has 3 rings (SSSR count). The molecule has 0 radical (unpaired) electrons. The van der Waals surface area contributed by atoms with Gasteiger partial charge in [0.2, 0.25) is 0 Å². The van der Waals surface area contributed by atoms with Crippen LogP contribution in [0.2, 0.25) is 5.02 Å². The quantitative estimate of drug-likeness (QED) is 0.838. The highest BCUT2D eigenvalue weighted by molar-refractivity contribution is 6.30. The SMILES string of the molecule is C[C@H](NC(=O)N1CCC(n2cc(CCO)nn2)CC1)c1ccc(Cl)cc1. The normalized spacial score (nSPS) is 16.5. The summed E-state index contributed by atoms with van der Waals surface area (Å²) in [5.74, 6) is 0. The lowest BCUT2D eigenvalue weighted by molar-refractivity contribution is 0.165. The second-order valence-electron chi connectivity index (χ2n) is 6.60. The topological polar surface area (TPSA) is 83.3 Å². The van der Waals surface area contributed by atoms with Crippen LogP contribution in [0.25, 0.3) is 0 Å². The number of piperidine rings is 1. The molecule has 0 aliphatic carbocycles. The van der Waals surface area contributed by atoms with E-state index in [1.807, 2.05) is 47.0 Å². The van der Waals surface area contributed by atoms with Crippen LogP contribution in [-0.4, -0.2) is 50.7 Å². The summed E-state index contributed by atoms with van der Waals surface area (Å²) in [4.78, 5) is 14.3. The van der Waals surface area contributed by atoms with Crippen LogP contribution in [0.15, 0.2) is 30.5 Å². The van der Waals surface area contributed by atoms with Gasteiger partial charge in [-0.1, -0.05) is 28.9 Å². The Bertz CT molecular complexity index is 725. The average molecular weight is 378 g/mol. The molecule has 1 atom stereocenters. The van der Waals surface area contributed by atoms with Gasteiger partial charge in [0.05, 0.1) is 17.8 Å². The second kappa shape index (κ2) is 8.51. The molecule has 0 saturated carbocycles. The number of benzene rings is 1. The Kier molecular flexibility index (Phi) is 6.11. The van der Waals surface area contributed by atoms with Gasteiger partial charge in [-0.05, 0) is 37.5 Å². The minimum absolute atomic E-state index is 0.0505. The molecule has 8 heteroatoms. The minimum Gasteiger partial charge on any atom is -0.396 e. The summed E-state index contributed by atoms with van der Waals surface area (Å²) in [6.45, 7) is 3.40. The van der Waals surface area contributed by atoms with E-state index >= 15 is 0 Å². The standard InChI is InChI=1S/C18H24ClN5O2/c1-13(14-2-4-15(19)5-3-14)20-18(26)23-9-6-17(7-10-23)24-12-16(8-11-25)21-22-24/h2-5,12-13,17,25H,6-11H2,1H3,(H,20,26)/t13-/m0/s1. The molecule has 2 N–H and O–H groups in total. The first-order valence-electron chi connectivity index (χ1n) is 8.89. The monoisotopic (exact) mass is 377 g/mol. The molecule has 2 heterocycles. The fraction of sp³-hybridized carbons (Fsp3) is 0.500. The van der Waals surface area contributed by atoms with Gasteiger partial charge in [0, 0.05) is 37.3 Å². The number of aromatic nitrogens is 3. The van der Waals surface area contributed by atoms with Gasteiger partial charge in [0.1, 0.15) is 0 Å². The van der Waals surface area contributed by atoms with Gasteiger partial charge in [-0.15, -0.1) is 5.10 Å². The zero-order chi connectivity index (χ0) is 18.5. The van der Waals surface area contributed by atoms with Crippen molar-refractivity contribution in [2.24, 2.45) is 0 Å². The van der Waals surface area contributed by atoms with Crippen LogP contribution in [0, 0.1) is 0 Å². The number of hydrogen-bond acceptors (Lipinski definition) is 4. The van der Waals surface area contributed by atoms with Crippen LogP contribution in [0.4, 0.5) is 4.79 Å². The number of amides is 2. The van der Waals surface area contributed by atoms with E-state index < -0.39 is 0 Å². The summed E-state index contributed by atoms with van der Waals surface area (Å²) in [5.41, 5.74) is 1.82. The number of rotatable bonds is 5. The number of carbonyl (C=O) groups excluding carboxylic acids is 1. The van der Waals surface area contributed by atoms with Gasteiger partial charge in [-0.2, -0.15) is 0 Å². The van der Waals surface area contributed by atoms with E-state index in [4.69, 9.17) is 16.7 Å². The summed E-state index contributed by atoms with van der Waals surface area (Å²) < 4.78 is 1.86. The highest BCUT2D eigenvalue weighted by atomic mass is 35.5. The van der Waals surface area contributed by atoms with Crippen molar-refractivity contribution in [3.63, 3.8) is 0 Å². The molecule has 1 fully saturated rings. The van der Waals surface area contributed by atoms with Gasteiger partial charge >= 0.3 is 6.03 Å². The van der Waals surface area contributed by atoms with E-state index in [0.717, 1.165) is 24.1 Å². The second-order valence-corrected chi connectivity index (χ2v) is 7.04. The van der Waals surface area contributed by atoms with E-state index in [-0.39, 0.29) is 24.7 Å². The summed E-state index contributed by atoms with van der Waals surface area (Å²) in [5, 5.41) is 20.9. The lowest BCUT2D eigenvalue weighted by Crippen LogP contribution is -2.45. The third-order valence-electron chi connectivity index (χ3n) is 4.76. The summed E-state index contributed by atoms with van der Waals surface area (Å²) in [6.07, 6.45) is 4.08. The first-order chi connectivity index (χ1) is 12.6. The number of halogens is 1. The molecule has 2 aromatic rings. The van der Waals surface area contributed by atoms with Crippen molar-refractivity contribution in [3.8, 4) is 0 Å². The van der Waals surface area contributed by atoms with Crippen molar-refractivity contribution >= 4 is 17.6 Å². The first-order valence-corrected chi connectivity index (χ1v) is 9.27. The van der Waals surface area contributed by atoms with Gasteiger partial charge in [-0.25, -0.2) is 9.48 Å². The molecular weight excluding hydrogens is 354 g/mol. The zero-order valence-electron chi connectivity index (χ0n) is 14.8. The van der Waals surface area contributed by atoms with Crippen LogP contribution >= 0.6 is 11.6 Å². The fourth-order valence-electron chi connectivity index (χ4n) is 3.17. The molecule has 1 saturated heterocycles. The molecule has 2 amide bonds. The summed E-state index contributed by atoms with van der Waals surface area (Å²) >= 11 is 5.91. The number of aliphatic hydroxyl groups is 1. The average Bonchev–Trinajstić information content (AvgIpc) is 3.11. The van der Waals surface area contributed by atoms with Crippen molar-refractivity contribution in [2.75, 3.05) is 19.7 Å². The maximum Gasteiger partial charge on any atom is 0.317 e. The third kappa shape index (κ3) is 4.53. The lowest BCUT2D eigenvalue weighted by atomic mass is 10.1. The number of nitrogens with one attached hydrogen (secondary N) is 1. The van der Waals surface area contributed by atoms with Crippen molar-refractivity contribution in [2.45, 2.75) is 38.3 Å².